The molecular formula is C21H24F2. The minimum Gasteiger partial charge on any atom is -0.207 e. The average molecular weight is 314 g/mol. The SMILES string of the molecule is CCC[C@H]1CC[C@H](c2ccc(-c3cc(F)cc(F)c3)cc2)CC1. The Balaban J connectivity index is 1.70. The van der Waals surface area contributed by atoms with Crippen LogP contribution in [0.25, 0.3) is 11.1 Å². The van der Waals surface area contributed by atoms with Gasteiger partial charge in [0.2, 0.25) is 0 Å². The van der Waals surface area contributed by atoms with Gasteiger partial charge in [0.15, 0.2) is 0 Å². The smallest absolute Gasteiger partial charge is 0.126 e. The topological polar surface area (TPSA) is 0 Å². The maximum Gasteiger partial charge on any atom is 0.126 e. The van der Waals surface area contributed by atoms with E-state index >= 15 is 0 Å². The van der Waals surface area contributed by atoms with Crippen LogP contribution < -0.4 is 0 Å². The predicted octanol–water partition coefficient (Wildman–Crippen LogP) is 6.71. The van der Waals surface area contributed by atoms with Crippen molar-refractivity contribution in [2.75, 3.05) is 0 Å². The fraction of sp³-hybridized carbons (Fsp3) is 0.429. The van der Waals surface area contributed by atoms with E-state index in [1.807, 2.05) is 12.1 Å². The van der Waals surface area contributed by atoms with E-state index in [1.165, 1.54) is 56.2 Å². The maximum atomic E-state index is 13.3. The number of halogens is 2. The van der Waals surface area contributed by atoms with Crippen molar-refractivity contribution in [1.82, 2.24) is 0 Å². The molecule has 23 heavy (non-hydrogen) atoms. The molecule has 0 spiro atoms. The molecule has 0 heterocycles. The van der Waals surface area contributed by atoms with Crippen molar-refractivity contribution in [2.24, 2.45) is 5.92 Å². The Hall–Kier alpha value is -1.70. The first-order valence-electron chi connectivity index (χ1n) is 8.72. The first-order chi connectivity index (χ1) is 11.2. The van der Waals surface area contributed by atoms with Crippen LogP contribution in [0.5, 0.6) is 0 Å². The van der Waals surface area contributed by atoms with E-state index < -0.39 is 11.6 Å². The standard InChI is InChI=1S/C21H24F2/c1-2-3-15-4-6-16(7-5-15)17-8-10-18(11-9-17)19-12-20(22)14-21(23)13-19/h8-16H,2-7H2,1H3/t15-,16-. The third kappa shape index (κ3) is 3.99. The van der Waals surface area contributed by atoms with Crippen LogP contribution in [0.2, 0.25) is 0 Å². The van der Waals surface area contributed by atoms with Crippen LogP contribution >= 0.6 is 0 Å². The Morgan fingerprint density at radius 2 is 1.43 bits per heavy atom. The molecule has 0 unspecified atom stereocenters. The van der Waals surface area contributed by atoms with Crippen molar-refractivity contribution in [3.63, 3.8) is 0 Å². The van der Waals surface area contributed by atoms with E-state index in [0.717, 1.165) is 17.5 Å². The van der Waals surface area contributed by atoms with E-state index in [-0.39, 0.29) is 0 Å². The fourth-order valence-corrected chi connectivity index (χ4v) is 3.86. The molecule has 1 fully saturated rings. The van der Waals surface area contributed by atoms with Gasteiger partial charge in [-0.2, -0.15) is 0 Å². The number of hydrogen-bond donors (Lipinski definition) is 0. The van der Waals surface area contributed by atoms with Crippen LogP contribution in [0, 0.1) is 17.6 Å². The minimum absolute atomic E-state index is 0.529. The lowest BCUT2D eigenvalue weighted by Crippen LogP contribution is -2.13. The van der Waals surface area contributed by atoms with Gasteiger partial charge >= 0.3 is 0 Å². The van der Waals surface area contributed by atoms with Gasteiger partial charge in [-0.05, 0) is 66.3 Å². The molecule has 2 aromatic rings. The summed E-state index contributed by atoms with van der Waals surface area (Å²) in [5.74, 6) is 0.490. The summed E-state index contributed by atoms with van der Waals surface area (Å²) in [4.78, 5) is 0. The summed E-state index contributed by atoms with van der Waals surface area (Å²) < 4.78 is 26.7. The molecule has 0 nitrogen and oxygen atoms in total. The first kappa shape index (κ1) is 16.2. The zero-order valence-electron chi connectivity index (χ0n) is 13.7. The van der Waals surface area contributed by atoms with Crippen LogP contribution in [0.15, 0.2) is 42.5 Å². The summed E-state index contributed by atoms with van der Waals surface area (Å²) in [7, 11) is 0. The van der Waals surface area contributed by atoms with Gasteiger partial charge in [-0.15, -0.1) is 0 Å². The quantitative estimate of drug-likeness (QED) is 0.588. The molecule has 0 bridgehead atoms. The molecule has 0 N–H and O–H groups in total. The second-order valence-electron chi connectivity index (χ2n) is 6.79. The molecule has 1 aliphatic carbocycles. The van der Waals surface area contributed by atoms with Crippen LogP contribution in [0.4, 0.5) is 8.78 Å². The van der Waals surface area contributed by atoms with Gasteiger partial charge in [0.05, 0.1) is 0 Å². The molecule has 2 aromatic carbocycles. The number of rotatable bonds is 4. The Morgan fingerprint density at radius 1 is 0.826 bits per heavy atom. The highest BCUT2D eigenvalue weighted by molar-refractivity contribution is 5.63. The monoisotopic (exact) mass is 314 g/mol. The second-order valence-corrected chi connectivity index (χ2v) is 6.79. The van der Waals surface area contributed by atoms with Crippen molar-refractivity contribution in [1.29, 1.82) is 0 Å². The van der Waals surface area contributed by atoms with Gasteiger partial charge in [0, 0.05) is 6.07 Å². The highest BCUT2D eigenvalue weighted by Crippen LogP contribution is 2.38. The molecule has 0 atom stereocenters. The van der Waals surface area contributed by atoms with Gasteiger partial charge in [0.25, 0.3) is 0 Å². The third-order valence-corrected chi connectivity index (χ3v) is 5.12. The molecule has 2 heteroatoms. The Morgan fingerprint density at radius 3 is 2.00 bits per heavy atom. The molecule has 3 rings (SSSR count). The molecule has 0 amide bonds. The third-order valence-electron chi connectivity index (χ3n) is 5.12. The zero-order valence-corrected chi connectivity index (χ0v) is 13.7. The summed E-state index contributed by atoms with van der Waals surface area (Å²) in [5.41, 5.74) is 2.83. The largest absolute Gasteiger partial charge is 0.207 e. The molecule has 1 aliphatic rings. The van der Waals surface area contributed by atoms with Crippen LogP contribution in [0.3, 0.4) is 0 Å². The van der Waals surface area contributed by atoms with Crippen LogP contribution in [-0.4, -0.2) is 0 Å². The minimum atomic E-state index is -0.529. The molecule has 0 saturated heterocycles. The van der Waals surface area contributed by atoms with Crippen molar-refractivity contribution < 1.29 is 8.78 Å². The van der Waals surface area contributed by atoms with E-state index in [1.54, 1.807) is 0 Å². The van der Waals surface area contributed by atoms with Crippen LogP contribution in [-0.2, 0) is 0 Å². The lowest BCUT2D eigenvalue weighted by molar-refractivity contribution is 0.308. The Bertz CT molecular complexity index is 617. The van der Waals surface area contributed by atoms with Crippen LogP contribution in [0.1, 0.15) is 56.9 Å². The molecule has 1 saturated carbocycles. The zero-order chi connectivity index (χ0) is 16.2. The normalized spacial score (nSPS) is 21.3. The van der Waals surface area contributed by atoms with E-state index in [9.17, 15) is 8.78 Å². The Kier molecular flexibility index (Phi) is 5.09. The predicted molar refractivity (Wildman–Crippen MR) is 91.4 cm³/mol. The van der Waals surface area contributed by atoms with Gasteiger partial charge < -0.3 is 0 Å². The van der Waals surface area contributed by atoms with Gasteiger partial charge in [0.1, 0.15) is 11.6 Å². The summed E-state index contributed by atoms with van der Waals surface area (Å²) in [5, 5.41) is 0. The highest BCUT2D eigenvalue weighted by Gasteiger charge is 2.21. The summed E-state index contributed by atoms with van der Waals surface area (Å²) >= 11 is 0. The molecule has 0 aliphatic heterocycles. The fourth-order valence-electron chi connectivity index (χ4n) is 3.86. The number of hydrogen-bond acceptors (Lipinski definition) is 0. The lowest BCUT2D eigenvalue weighted by Gasteiger charge is -2.28. The summed E-state index contributed by atoms with van der Waals surface area (Å²) in [6.07, 6.45) is 7.83. The van der Waals surface area contributed by atoms with Crippen molar-refractivity contribution in [3.8, 4) is 11.1 Å². The molecule has 122 valence electrons. The molecule has 0 radical (unpaired) electrons. The summed E-state index contributed by atoms with van der Waals surface area (Å²) in [6, 6.07) is 11.9. The lowest BCUT2D eigenvalue weighted by atomic mass is 9.77. The van der Waals surface area contributed by atoms with E-state index in [4.69, 9.17) is 0 Å². The second kappa shape index (κ2) is 7.25. The maximum absolute atomic E-state index is 13.3. The van der Waals surface area contributed by atoms with Crippen molar-refractivity contribution >= 4 is 0 Å². The summed E-state index contributed by atoms with van der Waals surface area (Å²) in [6.45, 7) is 2.26. The highest BCUT2D eigenvalue weighted by atomic mass is 19.1. The van der Waals surface area contributed by atoms with Gasteiger partial charge in [-0.1, -0.05) is 44.0 Å². The van der Waals surface area contributed by atoms with Crippen molar-refractivity contribution in [3.05, 3.63) is 59.7 Å². The molecular weight excluding hydrogens is 290 g/mol. The first-order valence-corrected chi connectivity index (χ1v) is 8.72. The van der Waals surface area contributed by atoms with Gasteiger partial charge in [-0.3, -0.25) is 0 Å². The van der Waals surface area contributed by atoms with E-state index in [0.29, 0.717) is 11.5 Å². The Labute approximate surface area is 137 Å². The molecule has 0 aromatic heterocycles. The average Bonchev–Trinajstić information content (AvgIpc) is 2.55. The van der Waals surface area contributed by atoms with E-state index in [2.05, 4.69) is 19.1 Å². The van der Waals surface area contributed by atoms with Crippen molar-refractivity contribution in [2.45, 2.75) is 51.4 Å². The van der Waals surface area contributed by atoms with Gasteiger partial charge in [-0.25, -0.2) is 8.78 Å². The number of benzene rings is 2.